The fourth-order valence-electron chi connectivity index (χ4n) is 3.50. The Morgan fingerprint density at radius 3 is 2.13 bits per heavy atom. The molecular weight excluding hydrogens is 280 g/mol. The maximum Gasteiger partial charge on any atom is 0.0367 e. The molecule has 0 bridgehead atoms. The number of benzene rings is 1. The first-order valence-corrected chi connectivity index (χ1v) is 9.64. The third-order valence-electron chi connectivity index (χ3n) is 5.02. The van der Waals surface area contributed by atoms with Gasteiger partial charge in [0.15, 0.2) is 0 Å². The van der Waals surface area contributed by atoms with Gasteiger partial charge in [-0.2, -0.15) is 0 Å². The van der Waals surface area contributed by atoms with Crippen molar-refractivity contribution in [1.29, 1.82) is 0 Å². The number of rotatable bonds is 8. The van der Waals surface area contributed by atoms with E-state index in [9.17, 15) is 0 Å². The van der Waals surface area contributed by atoms with E-state index < -0.39 is 0 Å². The summed E-state index contributed by atoms with van der Waals surface area (Å²) in [5.74, 6) is 1.67. The number of hydrogen-bond donors (Lipinski definition) is 0. The van der Waals surface area contributed by atoms with Gasteiger partial charge in [0.25, 0.3) is 0 Å². The van der Waals surface area contributed by atoms with Crippen LogP contribution in [0, 0.1) is 11.8 Å². The molecule has 1 unspecified atom stereocenters. The van der Waals surface area contributed by atoms with Crippen molar-refractivity contribution in [3.8, 4) is 0 Å². The molecule has 0 N–H and O–H groups in total. The highest BCUT2D eigenvalue weighted by molar-refractivity contribution is 5.48. The van der Waals surface area contributed by atoms with E-state index >= 15 is 0 Å². The van der Waals surface area contributed by atoms with Crippen LogP contribution in [0.25, 0.3) is 0 Å². The molecule has 23 heavy (non-hydrogen) atoms. The van der Waals surface area contributed by atoms with E-state index in [-0.39, 0.29) is 0 Å². The minimum absolute atomic E-state index is 0.831. The Morgan fingerprint density at radius 1 is 0.913 bits per heavy atom. The quantitative estimate of drug-likeness (QED) is 0.677. The van der Waals surface area contributed by atoms with E-state index in [4.69, 9.17) is 0 Å². The SMILES string of the molecule is CCCc1ccc(N2CCN(CC(C)CCC(C)C)CC2)cc1. The summed E-state index contributed by atoms with van der Waals surface area (Å²) >= 11 is 0. The highest BCUT2D eigenvalue weighted by Crippen LogP contribution is 2.19. The summed E-state index contributed by atoms with van der Waals surface area (Å²) in [6, 6.07) is 9.23. The topological polar surface area (TPSA) is 6.48 Å². The second-order valence-electron chi connectivity index (χ2n) is 7.78. The van der Waals surface area contributed by atoms with E-state index in [1.165, 1.54) is 69.7 Å². The average Bonchev–Trinajstić information content (AvgIpc) is 2.55. The molecule has 2 nitrogen and oxygen atoms in total. The number of piperazine rings is 1. The Labute approximate surface area is 143 Å². The van der Waals surface area contributed by atoms with Crippen molar-refractivity contribution < 1.29 is 0 Å². The first-order chi connectivity index (χ1) is 11.1. The molecule has 0 aliphatic carbocycles. The fraction of sp³-hybridized carbons (Fsp3) is 0.714. The van der Waals surface area contributed by atoms with Crippen LogP contribution in [0.3, 0.4) is 0 Å². The summed E-state index contributed by atoms with van der Waals surface area (Å²) in [5.41, 5.74) is 2.87. The van der Waals surface area contributed by atoms with Gasteiger partial charge in [-0.3, -0.25) is 4.90 Å². The predicted octanol–water partition coefficient (Wildman–Crippen LogP) is 4.83. The van der Waals surface area contributed by atoms with E-state index in [2.05, 4.69) is 61.8 Å². The van der Waals surface area contributed by atoms with Crippen molar-refractivity contribution in [1.82, 2.24) is 4.90 Å². The molecule has 1 heterocycles. The zero-order chi connectivity index (χ0) is 16.7. The highest BCUT2D eigenvalue weighted by atomic mass is 15.3. The van der Waals surface area contributed by atoms with Crippen LogP contribution in [0.4, 0.5) is 5.69 Å². The minimum atomic E-state index is 0.831. The average molecular weight is 317 g/mol. The van der Waals surface area contributed by atoms with Crippen LogP contribution in [0.15, 0.2) is 24.3 Å². The number of hydrogen-bond acceptors (Lipinski definition) is 2. The van der Waals surface area contributed by atoms with Gasteiger partial charge in [-0.15, -0.1) is 0 Å². The molecular formula is C21H36N2. The third kappa shape index (κ3) is 6.18. The van der Waals surface area contributed by atoms with E-state index in [0.29, 0.717) is 0 Å². The van der Waals surface area contributed by atoms with Crippen molar-refractivity contribution in [3.05, 3.63) is 29.8 Å². The molecule has 2 rings (SSSR count). The van der Waals surface area contributed by atoms with Crippen LogP contribution < -0.4 is 4.90 Å². The van der Waals surface area contributed by atoms with Crippen molar-refractivity contribution in [2.75, 3.05) is 37.6 Å². The van der Waals surface area contributed by atoms with Crippen LogP contribution in [0.2, 0.25) is 0 Å². The smallest absolute Gasteiger partial charge is 0.0367 e. The van der Waals surface area contributed by atoms with Crippen LogP contribution in [0.5, 0.6) is 0 Å². The molecule has 1 aromatic carbocycles. The summed E-state index contributed by atoms with van der Waals surface area (Å²) in [5, 5.41) is 0. The lowest BCUT2D eigenvalue weighted by Gasteiger charge is -2.37. The van der Waals surface area contributed by atoms with E-state index in [0.717, 1.165) is 11.8 Å². The van der Waals surface area contributed by atoms with Crippen molar-refractivity contribution in [2.24, 2.45) is 11.8 Å². The molecule has 1 aliphatic rings. The van der Waals surface area contributed by atoms with Crippen molar-refractivity contribution in [2.45, 2.75) is 53.4 Å². The second kappa shape index (κ2) is 9.32. The van der Waals surface area contributed by atoms with Crippen LogP contribution in [0.1, 0.15) is 52.5 Å². The lowest BCUT2D eigenvalue weighted by Crippen LogP contribution is -2.47. The fourth-order valence-corrected chi connectivity index (χ4v) is 3.50. The van der Waals surface area contributed by atoms with Gasteiger partial charge in [0, 0.05) is 38.4 Å². The molecule has 1 aromatic rings. The maximum atomic E-state index is 2.66. The number of anilines is 1. The normalized spacial score (nSPS) is 17.7. The Kier molecular flexibility index (Phi) is 7.42. The Balaban J connectivity index is 1.75. The summed E-state index contributed by atoms with van der Waals surface area (Å²) < 4.78 is 0. The van der Waals surface area contributed by atoms with Gasteiger partial charge in [0.1, 0.15) is 0 Å². The lowest BCUT2D eigenvalue weighted by molar-refractivity contribution is 0.216. The van der Waals surface area contributed by atoms with Crippen molar-refractivity contribution in [3.63, 3.8) is 0 Å². The summed E-state index contributed by atoms with van der Waals surface area (Å²) in [4.78, 5) is 5.21. The highest BCUT2D eigenvalue weighted by Gasteiger charge is 2.18. The van der Waals surface area contributed by atoms with Gasteiger partial charge in [-0.05, 0) is 42.4 Å². The van der Waals surface area contributed by atoms with Gasteiger partial charge in [-0.1, -0.05) is 52.7 Å². The van der Waals surface area contributed by atoms with Gasteiger partial charge >= 0.3 is 0 Å². The Morgan fingerprint density at radius 2 is 1.57 bits per heavy atom. The molecule has 1 fully saturated rings. The van der Waals surface area contributed by atoms with E-state index in [1.807, 2.05) is 0 Å². The van der Waals surface area contributed by atoms with Gasteiger partial charge in [0.05, 0.1) is 0 Å². The van der Waals surface area contributed by atoms with Crippen LogP contribution in [-0.4, -0.2) is 37.6 Å². The molecule has 0 saturated carbocycles. The zero-order valence-electron chi connectivity index (χ0n) is 15.7. The molecule has 2 heteroatoms. The monoisotopic (exact) mass is 316 g/mol. The van der Waals surface area contributed by atoms with Gasteiger partial charge < -0.3 is 4.90 Å². The largest absolute Gasteiger partial charge is 0.369 e. The Bertz CT molecular complexity index is 430. The predicted molar refractivity (Wildman–Crippen MR) is 102 cm³/mol. The molecule has 130 valence electrons. The molecule has 1 aliphatic heterocycles. The van der Waals surface area contributed by atoms with Crippen LogP contribution >= 0.6 is 0 Å². The molecule has 0 amide bonds. The maximum absolute atomic E-state index is 2.66. The lowest BCUT2D eigenvalue weighted by atomic mass is 9.98. The van der Waals surface area contributed by atoms with Crippen molar-refractivity contribution >= 4 is 5.69 Å². The standard InChI is InChI=1S/C21H36N2/c1-5-6-20-9-11-21(12-10-20)23-15-13-22(14-16-23)17-19(4)8-7-18(2)3/h9-12,18-19H,5-8,13-17H2,1-4H3. The second-order valence-corrected chi connectivity index (χ2v) is 7.78. The molecule has 1 saturated heterocycles. The molecule has 0 spiro atoms. The van der Waals surface area contributed by atoms with Crippen LogP contribution in [-0.2, 0) is 6.42 Å². The number of aryl methyl sites for hydroxylation is 1. The first-order valence-electron chi connectivity index (χ1n) is 9.64. The zero-order valence-corrected chi connectivity index (χ0v) is 15.7. The molecule has 0 aromatic heterocycles. The molecule has 0 radical (unpaired) electrons. The Hall–Kier alpha value is -1.02. The first kappa shape index (κ1) is 18.3. The number of nitrogens with zero attached hydrogens (tertiary/aromatic N) is 2. The summed E-state index contributed by atoms with van der Waals surface area (Å²) in [6.45, 7) is 15.4. The molecule has 1 atom stereocenters. The minimum Gasteiger partial charge on any atom is -0.369 e. The van der Waals surface area contributed by atoms with E-state index in [1.54, 1.807) is 0 Å². The van der Waals surface area contributed by atoms with Gasteiger partial charge in [0.2, 0.25) is 0 Å². The summed E-state index contributed by atoms with van der Waals surface area (Å²) in [7, 11) is 0. The third-order valence-corrected chi connectivity index (χ3v) is 5.02. The summed E-state index contributed by atoms with van der Waals surface area (Å²) in [6.07, 6.45) is 5.16. The van der Waals surface area contributed by atoms with Gasteiger partial charge in [-0.25, -0.2) is 0 Å².